The molecule has 3 N–H and O–H groups in total. The number of aryl methyl sites for hydroxylation is 1. The number of anilines is 1. The molecule has 4 amide bonds. The van der Waals surface area contributed by atoms with E-state index < -0.39 is 29.5 Å². The number of carbonyl (C=O) groups is 3. The molecule has 2 unspecified atom stereocenters. The first-order valence-corrected chi connectivity index (χ1v) is 10.3. The number of hydrogen-bond acceptors (Lipinski definition) is 5. The van der Waals surface area contributed by atoms with Gasteiger partial charge >= 0.3 is 6.03 Å². The molecule has 2 atom stereocenters. The first-order chi connectivity index (χ1) is 14.8. The predicted molar refractivity (Wildman–Crippen MR) is 117 cm³/mol. The second kappa shape index (κ2) is 9.61. The summed E-state index contributed by atoms with van der Waals surface area (Å²) >= 11 is 0. The Morgan fingerprint density at radius 3 is 2.35 bits per heavy atom. The van der Waals surface area contributed by atoms with Crippen LogP contribution >= 0.6 is 0 Å². The zero-order valence-electron chi connectivity index (χ0n) is 17.7. The summed E-state index contributed by atoms with van der Waals surface area (Å²) in [5.74, 6) is -1.02. The maximum atomic E-state index is 12.9. The van der Waals surface area contributed by atoms with Crippen LogP contribution in [0.4, 0.5) is 10.5 Å². The minimum Gasteiger partial charge on any atom is -0.392 e. The van der Waals surface area contributed by atoms with Gasteiger partial charge in [-0.2, -0.15) is 5.01 Å². The average Bonchev–Trinajstić information content (AvgIpc) is 2.96. The summed E-state index contributed by atoms with van der Waals surface area (Å²) in [5, 5.41) is 13.2. The standard InChI is InChI=1S/C23H28N4O4/c1-17(28)15-26(19-11-7-4-8-12-19)16-20(29)25-27-21(30)23(2,24-22(27)31)14-13-18-9-5-3-6-10-18/h3-12,17,28H,13-16H2,1-2H3,(H,24,31)(H,25,29). The largest absolute Gasteiger partial charge is 0.392 e. The molecule has 2 aromatic rings. The smallest absolute Gasteiger partial charge is 0.344 e. The molecule has 31 heavy (non-hydrogen) atoms. The maximum Gasteiger partial charge on any atom is 0.344 e. The van der Waals surface area contributed by atoms with E-state index in [1.807, 2.05) is 60.7 Å². The highest BCUT2D eigenvalue weighted by molar-refractivity contribution is 6.07. The van der Waals surface area contributed by atoms with Gasteiger partial charge in [-0.1, -0.05) is 48.5 Å². The predicted octanol–water partition coefficient (Wildman–Crippen LogP) is 1.85. The van der Waals surface area contributed by atoms with Gasteiger partial charge in [0, 0.05) is 12.2 Å². The van der Waals surface area contributed by atoms with Gasteiger partial charge in [-0.15, -0.1) is 0 Å². The highest BCUT2D eigenvalue weighted by Gasteiger charge is 2.48. The van der Waals surface area contributed by atoms with Crippen molar-refractivity contribution in [3.63, 3.8) is 0 Å². The van der Waals surface area contributed by atoms with Crippen LogP contribution in [0.1, 0.15) is 25.8 Å². The van der Waals surface area contributed by atoms with Crippen molar-refractivity contribution in [3.8, 4) is 0 Å². The number of aliphatic hydroxyl groups excluding tert-OH is 1. The number of nitrogens with one attached hydrogen (secondary N) is 2. The lowest BCUT2D eigenvalue weighted by Gasteiger charge is -2.26. The molecular weight excluding hydrogens is 396 g/mol. The van der Waals surface area contributed by atoms with Crippen molar-refractivity contribution < 1.29 is 19.5 Å². The Hall–Kier alpha value is -3.39. The number of nitrogens with zero attached hydrogens (tertiary/aromatic N) is 2. The quantitative estimate of drug-likeness (QED) is 0.533. The second-order valence-electron chi connectivity index (χ2n) is 7.99. The van der Waals surface area contributed by atoms with Gasteiger partial charge in [0.2, 0.25) is 0 Å². The van der Waals surface area contributed by atoms with Crippen molar-refractivity contribution in [2.75, 3.05) is 18.0 Å². The minimum absolute atomic E-state index is 0.118. The first-order valence-electron chi connectivity index (χ1n) is 10.3. The van der Waals surface area contributed by atoms with Crippen molar-refractivity contribution in [2.45, 2.75) is 38.3 Å². The summed E-state index contributed by atoms with van der Waals surface area (Å²) < 4.78 is 0. The summed E-state index contributed by atoms with van der Waals surface area (Å²) in [6.07, 6.45) is 0.360. The summed E-state index contributed by atoms with van der Waals surface area (Å²) in [4.78, 5) is 39.6. The Bertz CT molecular complexity index is 920. The highest BCUT2D eigenvalue weighted by Crippen LogP contribution is 2.22. The molecule has 2 aromatic carbocycles. The molecule has 0 aromatic heterocycles. The van der Waals surface area contributed by atoms with E-state index in [-0.39, 0.29) is 13.1 Å². The lowest BCUT2D eigenvalue weighted by Crippen LogP contribution is -2.51. The third kappa shape index (κ3) is 5.61. The Balaban J connectivity index is 1.63. The van der Waals surface area contributed by atoms with Crippen LogP contribution in [0.15, 0.2) is 60.7 Å². The topological polar surface area (TPSA) is 102 Å². The number of urea groups is 1. The Labute approximate surface area is 181 Å². The molecule has 1 aliphatic rings. The van der Waals surface area contributed by atoms with Crippen molar-refractivity contribution in [2.24, 2.45) is 0 Å². The van der Waals surface area contributed by atoms with E-state index in [1.165, 1.54) is 0 Å². The summed E-state index contributed by atoms with van der Waals surface area (Å²) in [6.45, 7) is 3.40. The van der Waals surface area contributed by atoms with E-state index in [0.717, 1.165) is 16.3 Å². The van der Waals surface area contributed by atoms with Gasteiger partial charge in [0.05, 0.1) is 12.6 Å². The molecule has 3 rings (SSSR count). The maximum absolute atomic E-state index is 12.9. The fourth-order valence-corrected chi connectivity index (χ4v) is 3.55. The normalized spacial score (nSPS) is 19.1. The van der Waals surface area contributed by atoms with Crippen molar-refractivity contribution >= 4 is 23.5 Å². The second-order valence-corrected chi connectivity index (χ2v) is 7.99. The lowest BCUT2D eigenvalue weighted by atomic mass is 9.93. The number of amides is 4. The third-order valence-electron chi connectivity index (χ3n) is 5.19. The van der Waals surface area contributed by atoms with Gasteiger partial charge in [0.15, 0.2) is 0 Å². The van der Waals surface area contributed by atoms with Gasteiger partial charge in [-0.05, 0) is 44.4 Å². The van der Waals surface area contributed by atoms with Crippen LogP contribution in [0.3, 0.4) is 0 Å². The Morgan fingerprint density at radius 1 is 1.13 bits per heavy atom. The number of benzene rings is 2. The fourth-order valence-electron chi connectivity index (χ4n) is 3.55. The SMILES string of the molecule is CC(O)CN(CC(=O)NN1C(=O)NC(C)(CCc2ccccc2)C1=O)c1ccccc1. The highest BCUT2D eigenvalue weighted by atomic mass is 16.3. The van der Waals surface area contributed by atoms with E-state index in [4.69, 9.17) is 0 Å². The number of aliphatic hydroxyl groups is 1. The molecule has 0 spiro atoms. The molecule has 164 valence electrons. The van der Waals surface area contributed by atoms with E-state index in [0.29, 0.717) is 12.8 Å². The number of imide groups is 1. The average molecular weight is 425 g/mol. The molecule has 8 heteroatoms. The van der Waals surface area contributed by atoms with Crippen LogP contribution in [-0.4, -0.2) is 52.7 Å². The van der Waals surface area contributed by atoms with Crippen molar-refractivity contribution in [1.29, 1.82) is 0 Å². The van der Waals surface area contributed by atoms with E-state index >= 15 is 0 Å². The molecule has 1 saturated heterocycles. The van der Waals surface area contributed by atoms with Gasteiger partial charge in [-0.25, -0.2) is 4.79 Å². The van der Waals surface area contributed by atoms with E-state index in [1.54, 1.807) is 18.7 Å². The molecule has 0 bridgehead atoms. The van der Waals surface area contributed by atoms with Crippen molar-refractivity contribution in [3.05, 3.63) is 66.2 Å². The third-order valence-corrected chi connectivity index (χ3v) is 5.19. The molecule has 0 aliphatic carbocycles. The Morgan fingerprint density at radius 2 is 1.74 bits per heavy atom. The molecular formula is C23H28N4O4. The number of rotatable bonds is 9. The van der Waals surface area contributed by atoms with E-state index in [9.17, 15) is 19.5 Å². The summed E-state index contributed by atoms with van der Waals surface area (Å²) in [6, 6.07) is 18.2. The monoisotopic (exact) mass is 424 g/mol. The van der Waals surface area contributed by atoms with Gasteiger partial charge in [-0.3, -0.25) is 15.0 Å². The van der Waals surface area contributed by atoms with E-state index in [2.05, 4.69) is 10.7 Å². The van der Waals surface area contributed by atoms with Crippen LogP contribution in [0, 0.1) is 0 Å². The molecule has 1 fully saturated rings. The number of hydrogen-bond donors (Lipinski definition) is 3. The van der Waals surface area contributed by atoms with Crippen LogP contribution < -0.4 is 15.6 Å². The summed E-state index contributed by atoms with van der Waals surface area (Å²) in [7, 11) is 0. The zero-order chi connectivity index (χ0) is 22.4. The lowest BCUT2D eigenvalue weighted by molar-refractivity contribution is -0.138. The summed E-state index contributed by atoms with van der Waals surface area (Å²) in [5.41, 5.74) is 3.13. The van der Waals surface area contributed by atoms with Gasteiger partial charge in [0.1, 0.15) is 5.54 Å². The number of para-hydroxylation sites is 1. The molecule has 1 aliphatic heterocycles. The van der Waals surface area contributed by atoms with Crippen LogP contribution in [0.5, 0.6) is 0 Å². The van der Waals surface area contributed by atoms with Gasteiger partial charge in [0.25, 0.3) is 11.8 Å². The van der Waals surface area contributed by atoms with Crippen LogP contribution in [0.2, 0.25) is 0 Å². The minimum atomic E-state index is -1.10. The first kappa shape index (κ1) is 22.3. The van der Waals surface area contributed by atoms with Crippen molar-refractivity contribution in [1.82, 2.24) is 15.8 Å². The molecule has 0 radical (unpaired) electrons. The number of hydrazine groups is 1. The molecule has 8 nitrogen and oxygen atoms in total. The van der Waals surface area contributed by atoms with Crippen LogP contribution in [-0.2, 0) is 16.0 Å². The Kier molecular flexibility index (Phi) is 6.91. The molecule has 1 heterocycles. The number of carbonyl (C=O) groups excluding carboxylic acids is 3. The van der Waals surface area contributed by atoms with Crippen LogP contribution in [0.25, 0.3) is 0 Å². The molecule has 0 saturated carbocycles. The fraction of sp³-hybridized carbons (Fsp3) is 0.348. The van der Waals surface area contributed by atoms with Gasteiger partial charge < -0.3 is 15.3 Å². The zero-order valence-corrected chi connectivity index (χ0v) is 17.7.